The summed E-state index contributed by atoms with van der Waals surface area (Å²) in [5, 5.41) is 0.839. The molecule has 4 aromatic rings. The van der Waals surface area contributed by atoms with Crippen LogP contribution in [-0.2, 0) is 6.54 Å². The van der Waals surface area contributed by atoms with Gasteiger partial charge < -0.3 is 18.8 Å². The van der Waals surface area contributed by atoms with Crippen molar-refractivity contribution < 1.29 is 18.7 Å². The number of amides is 1. The molecule has 39 heavy (non-hydrogen) atoms. The maximum atomic E-state index is 13.9. The van der Waals surface area contributed by atoms with Gasteiger partial charge in [-0.25, -0.2) is 0 Å². The van der Waals surface area contributed by atoms with Crippen LogP contribution in [0.3, 0.4) is 0 Å². The Labute approximate surface area is 233 Å². The third kappa shape index (κ3) is 5.39. The van der Waals surface area contributed by atoms with Gasteiger partial charge in [-0.3, -0.25) is 9.59 Å². The lowest BCUT2D eigenvalue weighted by molar-refractivity contribution is 0.0714. The highest BCUT2D eigenvalue weighted by Gasteiger charge is 2.42. The number of carbonyl (C=O) groups excluding carboxylic acids is 1. The average Bonchev–Trinajstić information content (AvgIpc) is 3.22. The second-order valence-electron chi connectivity index (χ2n) is 9.93. The fraction of sp³-hybridized carbons (Fsp3) is 0.312. The number of ether oxygens (including phenoxy) is 2. The van der Waals surface area contributed by atoms with Gasteiger partial charge in [-0.1, -0.05) is 62.1 Å². The molecule has 1 unspecified atom stereocenters. The maximum Gasteiger partial charge on any atom is 0.291 e. The first-order valence-electron chi connectivity index (χ1n) is 13.3. The molecule has 0 fully saturated rings. The van der Waals surface area contributed by atoms with Gasteiger partial charge in [0.2, 0.25) is 5.76 Å². The lowest BCUT2D eigenvalue weighted by Crippen LogP contribution is -2.29. The second-order valence-corrected chi connectivity index (χ2v) is 10.3. The molecule has 0 bridgehead atoms. The molecule has 0 saturated heterocycles. The lowest BCUT2D eigenvalue weighted by Gasteiger charge is -2.25. The van der Waals surface area contributed by atoms with Crippen LogP contribution in [0.4, 0.5) is 0 Å². The summed E-state index contributed by atoms with van der Waals surface area (Å²) in [6.07, 6.45) is 4.52. The summed E-state index contributed by atoms with van der Waals surface area (Å²) >= 11 is 6.36. The van der Waals surface area contributed by atoms with Gasteiger partial charge in [-0.15, -0.1) is 0 Å². The van der Waals surface area contributed by atoms with E-state index in [0.717, 1.165) is 41.0 Å². The van der Waals surface area contributed by atoms with E-state index in [4.69, 9.17) is 25.5 Å². The van der Waals surface area contributed by atoms with Gasteiger partial charge in [0, 0.05) is 11.6 Å². The van der Waals surface area contributed by atoms with Gasteiger partial charge in [-0.05, 0) is 66.4 Å². The minimum absolute atomic E-state index is 0.0731. The van der Waals surface area contributed by atoms with Crippen molar-refractivity contribution in [3.8, 4) is 11.5 Å². The van der Waals surface area contributed by atoms with Crippen LogP contribution in [0.2, 0.25) is 5.02 Å². The standard InChI is InChI=1S/C32H32ClNO5/c1-4-5-6-7-16-38-24-14-10-22(11-15-24)29-28-30(35)25-18-26(33)20(2)17-27(25)39-31(28)32(36)34(29)19-21-8-12-23(37-3)13-9-21/h8-15,17-18,29H,4-7,16,19H2,1-3H3. The van der Waals surface area contributed by atoms with Crippen molar-refractivity contribution >= 4 is 28.5 Å². The van der Waals surface area contributed by atoms with E-state index in [1.807, 2.05) is 55.5 Å². The van der Waals surface area contributed by atoms with Gasteiger partial charge in [0.1, 0.15) is 17.1 Å². The number of benzene rings is 3. The smallest absolute Gasteiger partial charge is 0.291 e. The number of rotatable bonds is 10. The van der Waals surface area contributed by atoms with Crippen LogP contribution < -0.4 is 14.9 Å². The number of aryl methyl sites for hydroxylation is 1. The third-order valence-electron chi connectivity index (χ3n) is 7.22. The van der Waals surface area contributed by atoms with Crippen LogP contribution in [0.1, 0.15) is 71.5 Å². The fourth-order valence-electron chi connectivity index (χ4n) is 5.04. The number of methoxy groups -OCH3 is 1. The van der Waals surface area contributed by atoms with E-state index in [9.17, 15) is 9.59 Å². The van der Waals surface area contributed by atoms with E-state index < -0.39 is 6.04 Å². The van der Waals surface area contributed by atoms with Gasteiger partial charge >= 0.3 is 0 Å². The molecule has 0 spiro atoms. The number of hydrogen-bond donors (Lipinski definition) is 0. The van der Waals surface area contributed by atoms with E-state index in [-0.39, 0.29) is 17.1 Å². The summed E-state index contributed by atoms with van der Waals surface area (Å²) in [4.78, 5) is 29.3. The van der Waals surface area contributed by atoms with Crippen molar-refractivity contribution in [2.45, 2.75) is 52.1 Å². The van der Waals surface area contributed by atoms with Crippen molar-refractivity contribution in [1.82, 2.24) is 4.90 Å². The summed E-state index contributed by atoms with van der Waals surface area (Å²) < 4.78 is 17.3. The maximum absolute atomic E-state index is 13.9. The number of halogens is 1. The van der Waals surface area contributed by atoms with Crippen LogP contribution in [0.15, 0.2) is 69.9 Å². The molecule has 202 valence electrons. The van der Waals surface area contributed by atoms with E-state index in [1.165, 1.54) is 12.8 Å². The molecule has 1 aromatic heterocycles. The van der Waals surface area contributed by atoms with E-state index in [1.54, 1.807) is 24.1 Å². The Morgan fingerprint density at radius 1 is 0.949 bits per heavy atom. The number of unbranched alkanes of at least 4 members (excludes halogenated alkanes) is 3. The first kappa shape index (κ1) is 26.8. The lowest BCUT2D eigenvalue weighted by atomic mass is 9.98. The highest BCUT2D eigenvalue weighted by molar-refractivity contribution is 6.32. The SMILES string of the molecule is CCCCCCOc1ccc(C2c3c(oc4cc(C)c(Cl)cc4c3=O)C(=O)N2Cc2ccc(OC)cc2)cc1. The molecule has 5 rings (SSSR count). The zero-order chi connectivity index (χ0) is 27.5. The third-order valence-corrected chi connectivity index (χ3v) is 7.63. The molecule has 3 aromatic carbocycles. The Balaban J connectivity index is 1.54. The van der Waals surface area contributed by atoms with E-state index >= 15 is 0 Å². The summed E-state index contributed by atoms with van der Waals surface area (Å²) in [6, 6.07) is 17.9. The zero-order valence-corrected chi connectivity index (χ0v) is 23.2. The topological polar surface area (TPSA) is 69.0 Å². The van der Waals surface area contributed by atoms with Crippen molar-refractivity contribution in [3.63, 3.8) is 0 Å². The van der Waals surface area contributed by atoms with Crippen LogP contribution in [0.25, 0.3) is 11.0 Å². The minimum Gasteiger partial charge on any atom is -0.497 e. The predicted octanol–water partition coefficient (Wildman–Crippen LogP) is 7.47. The van der Waals surface area contributed by atoms with E-state index in [2.05, 4.69) is 6.92 Å². The summed E-state index contributed by atoms with van der Waals surface area (Å²) in [5.74, 6) is 1.24. The number of nitrogens with zero attached hydrogens (tertiary/aromatic N) is 1. The summed E-state index contributed by atoms with van der Waals surface area (Å²) in [7, 11) is 1.61. The highest BCUT2D eigenvalue weighted by Crippen LogP contribution is 2.40. The van der Waals surface area contributed by atoms with Gasteiger partial charge in [-0.2, -0.15) is 0 Å². The molecule has 0 radical (unpaired) electrons. The number of carbonyl (C=O) groups is 1. The molecule has 1 aliphatic rings. The molecule has 6 nitrogen and oxygen atoms in total. The summed E-state index contributed by atoms with van der Waals surface area (Å²) in [5.41, 5.74) is 2.92. The van der Waals surface area contributed by atoms with Crippen LogP contribution in [0, 0.1) is 6.92 Å². The number of fused-ring (bicyclic) bond motifs is 2. The van der Waals surface area contributed by atoms with Crippen molar-refractivity contribution in [2.24, 2.45) is 0 Å². The first-order valence-corrected chi connectivity index (χ1v) is 13.7. The Bertz CT molecular complexity index is 1540. The molecule has 1 atom stereocenters. The monoisotopic (exact) mass is 545 g/mol. The fourth-order valence-corrected chi connectivity index (χ4v) is 5.21. The van der Waals surface area contributed by atoms with E-state index in [0.29, 0.717) is 34.7 Å². The second kappa shape index (κ2) is 11.5. The quantitative estimate of drug-likeness (QED) is 0.193. The largest absolute Gasteiger partial charge is 0.497 e. The Hall–Kier alpha value is -3.77. The molecular weight excluding hydrogens is 514 g/mol. The normalized spacial score (nSPS) is 14.6. The highest BCUT2D eigenvalue weighted by atomic mass is 35.5. The van der Waals surface area contributed by atoms with Gasteiger partial charge in [0.25, 0.3) is 5.91 Å². The molecule has 7 heteroatoms. The van der Waals surface area contributed by atoms with Gasteiger partial charge in [0.05, 0.1) is 30.7 Å². The summed E-state index contributed by atoms with van der Waals surface area (Å²) in [6.45, 7) is 4.97. The Morgan fingerprint density at radius 3 is 2.36 bits per heavy atom. The molecule has 0 aliphatic carbocycles. The number of hydrogen-bond acceptors (Lipinski definition) is 5. The van der Waals surface area contributed by atoms with Crippen LogP contribution in [-0.4, -0.2) is 24.5 Å². The Kier molecular flexibility index (Phi) is 7.94. The zero-order valence-electron chi connectivity index (χ0n) is 22.5. The van der Waals surface area contributed by atoms with Crippen LogP contribution >= 0.6 is 11.6 Å². The van der Waals surface area contributed by atoms with Gasteiger partial charge in [0.15, 0.2) is 5.43 Å². The Morgan fingerprint density at radius 2 is 1.67 bits per heavy atom. The molecule has 0 saturated carbocycles. The average molecular weight is 546 g/mol. The molecule has 0 N–H and O–H groups in total. The van der Waals surface area contributed by atoms with Crippen LogP contribution in [0.5, 0.6) is 11.5 Å². The molecular formula is C32H32ClNO5. The van der Waals surface area contributed by atoms with Crippen molar-refractivity contribution in [3.05, 3.63) is 104 Å². The molecule has 1 aliphatic heterocycles. The molecule has 1 amide bonds. The first-order chi connectivity index (χ1) is 18.9. The van der Waals surface area contributed by atoms with Crippen molar-refractivity contribution in [1.29, 1.82) is 0 Å². The predicted molar refractivity (Wildman–Crippen MR) is 153 cm³/mol. The molecule has 2 heterocycles. The minimum atomic E-state index is -0.617. The van der Waals surface area contributed by atoms with Crippen molar-refractivity contribution in [2.75, 3.05) is 13.7 Å².